The van der Waals surface area contributed by atoms with Crippen LogP contribution in [-0.4, -0.2) is 25.0 Å². The quantitative estimate of drug-likeness (QED) is 0.525. The molecule has 118 valence electrons. The van der Waals surface area contributed by atoms with Crippen molar-refractivity contribution in [2.75, 3.05) is 19.0 Å². The summed E-state index contributed by atoms with van der Waals surface area (Å²) in [5.41, 5.74) is 1.26. The van der Waals surface area contributed by atoms with Crippen LogP contribution in [0.2, 0.25) is 0 Å². The van der Waals surface area contributed by atoms with Gasteiger partial charge in [0.2, 0.25) is 0 Å². The lowest BCUT2D eigenvalue weighted by atomic mass is 10.3. The average Bonchev–Trinajstić information content (AvgIpc) is 3.12. The number of oxazole rings is 1. The predicted octanol–water partition coefficient (Wildman–Crippen LogP) is 2.37. The van der Waals surface area contributed by atoms with Crippen molar-refractivity contribution < 1.29 is 18.7 Å². The van der Waals surface area contributed by atoms with Gasteiger partial charge < -0.3 is 23.6 Å². The number of fused-ring (bicyclic) bond motifs is 1. The zero-order valence-electron chi connectivity index (χ0n) is 12.5. The molecule has 0 bridgehead atoms. The van der Waals surface area contributed by atoms with Crippen LogP contribution in [0.4, 0.5) is 5.88 Å². The number of aromatic nitrogens is 1. The van der Waals surface area contributed by atoms with Crippen LogP contribution >= 0.6 is 11.8 Å². The number of thioether (sulfide) groups is 1. The Bertz CT molecular complexity index is 846. The largest absolute Gasteiger partial charge is 0.544 e. The molecule has 6 nitrogen and oxygen atoms in total. The molecule has 3 rings (SSSR count). The minimum Gasteiger partial charge on any atom is -0.544 e. The molecule has 0 atom stereocenters. The van der Waals surface area contributed by atoms with Crippen molar-refractivity contribution in [2.45, 2.75) is 5.22 Å². The van der Waals surface area contributed by atoms with Gasteiger partial charge in [-0.15, -0.1) is 0 Å². The van der Waals surface area contributed by atoms with Crippen molar-refractivity contribution in [1.29, 1.82) is 0 Å². The van der Waals surface area contributed by atoms with Gasteiger partial charge in [0, 0.05) is 25.1 Å². The molecule has 0 aliphatic heterocycles. The minimum absolute atomic E-state index is 0.0452. The third-order valence-electron chi connectivity index (χ3n) is 3.00. The van der Waals surface area contributed by atoms with Crippen LogP contribution in [-0.2, 0) is 4.79 Å². The van der Waals surface area contributed by atoms with Crippen molar-refractivity contribution >= 4 is 40.8 Å². The number of carboxylic acid groups (broad SMARTS) is 1. The lowest BCUT2D eigenvalue weighted by Gasteiger charge is -2.07. The Balaban J connectivity index is 1.88. The first-order valence-electron chi connectivity index (χ1n) is 6.76. The molecule has 3 aromatic rings. The molecule has 0 aliphatic carbocycles. The number of furan rings is 1. The summed E-state index contributed by atoms with van der Waals surface area (Å²) in [5, 5.41) is 11.6. The summed E-state index contributed by atoms with van der Waals surface area (Å²) in [4.78, 5) is 17.3. The molecule has 2 aromatic heterocycles. The van der Waals surface area contributed by atoms with Gasteiger partial charge in [0.25, 0.3) is 5.22 Å². The van der Waals surface area contributed by atoms with Crippen LogP contribution in [0.15, 0.2) is 55.4 Å². The minimum atomic E-state index is -1.32. The second-order valence-corrected chi connectivity index (χ2v) is 5.91. The highest BCUT2D eigenvalue weighted by atomic mass is 32.2. The lowest BCUT2D eigenvalue weighted by Crippen LogP contribution is -2.22. The Labute approximate surface area is 136 Å². The summed E-state index contributed by atoms with van der Waals surface area (Å²) in [7, 11) is 3.66. The second kappa shape index (κ2) is 6.21. The molecule has 1 aromatic carbocycles. The Morgan fingerprint density at radius 2 is 2.00 bits per heavy atom. The maximum Gasteiger partial charge on any atom is 0.261 e. The fraction of sp³-hybridized carbons (Fsp3) is 0.125. The van der Waals surface area contributed by atoms with Gasteiger partial charge in [-0.05, 0) is 36.0 Å². The van der Waals surface area contributed by atoms with E-state index in [0.29, 0.717) is 22.7 Å². The van der Waals surface area contributed by atoms with Gasteiger partial charge in [-0.25, -0.2) is 4.98 Å². The number of benzene rings is 1. The summed E-state index contributed by atoms with van der Waals surface area (Å²) in [5.74, 6) is -0.280. The zero-order valence-corrected chi connectivity index (χ0v) is 13.3. The van der Waals surface area contributed by atoms with E-state index in [1.807, 2.05) is 26.2 Å². The van der Waals surface area contributed by atoms with Crippen molar-refractivity contribution in [3.05, 3.63) is 47.1 Å². The number of hydrogen-bond donors (Lipinski definition) is 0. The third kappa shape index (κ3) is 3.40. The Morgan fingerprint density at radius 1 is 1.22 bits per heavy atom. The zero-order chi connectivity index (χ0) is 16.4. The van der Waals surface area contributed by atoms with E-state index < -0.39 is 5.97 Å². The Morgan fingerprint density at radius 3 is 2.65 bits per heavy atom. The highest BCUT2D eigenvalue weighted by molar-refractivity contribution is 8.03. The Hall–Kier alpha value is -2.67. The molecule has 0 amide bonds. The van der Waals surface area contributed by atoms with Crippen LogP contribution < -0.4 is 10.0 Å². The van der Waals surface area contributed by atoms with E-state index in [2.05, 4.69) is 4.98 Å². The summed E-state index contributed by atoms with van der Waals surface area (Å²) < 4.78 is 11.0. The topological polar surface area (TPSA) is 82.5 Å². The van der Waals surface area contributed by atoms with Gasteiger partial charge in [0.1, 0.15) is 11.3 Å². The van der Waals surface area contributed by atoms with Gasteiger partial charge in [0.15, 0.2) is 11.5 Å². The number of carboxylic acids is 1. The van der Waals surface area contributed by atoms with E-state index in [9.17, 15) is 9.90 Å². The SMILES string of the molecule is CN(C)c1ccc(/C=C(/Sc2nc3ccccc3o2)C(=O)[O-])o1. The average molecular weight is 329 g/mol. The first kappa shape index (κ1) is 15.2. The molecule has 0 fully saturated rings. The predicted molar refractivity (Wildman–Crippen MR) is 85.9 cm³/mol. The normalized spacial score (nSPS) is 11.8. The van der Waals surface area contributed by atoms with Crippen LogP contribution in [0.25, 0.3) is 17.2 Å². The molecule has 0 spiro atoms. The number of aliphatic carboxylic acids is 1. The highest BCUT2D eigenvalue weighted by Gasteiger charge is 2.11. The van der Waals surface area contributed by atoms with Crippen molar-refractivity contribution in [3.8, 4) is 0 Å². The standard InChI is InChI=1S/C16H14N2O4S/c1-18(2)14-8-7-10(21-14)9-13(15(19)20)23-16-17-11-5-3-4-6-12(11)22-16/h3-9H,1-2H3,(H,19,20)/p-1/b13-9+. The van der Waals surface area contributed by atoms with Crippen molar-refractivity contribution in [1.82, 2.24) is 4.98 Å². The number of carbonyl (C=O) groups is 1. The van der Waals surface area contributed by atoms with Crippen LogP contribution in [0.1, 0.15) is 5.76 Å². The van der Waals surface area contributed by atoms with Gasteiger partial charge in [-0.3, -0.25) is 0 Å². The van der Waals surface area contributed by atoms with E-state index >= 15 is 0 Å². The molecule has 23 heavy (non-hydrogen) atoms. The fourth-order valence-corrected chi connectivity index (χ4v) is 2.63. The number of anilines is 1. The van der Waals surface area contributed by atoms with Crippen molar-refractivity contribution in [3.63, 3.8) is 0 Å². The van der Waals surface area contributed by atoms with Gasteiger partial charge in [0.05, 0.1) is 5.97 Å². The molecule has 0 aliphatic rings. The number of hydrogen-bond acceptors (Lipinski definition) is 7. The maximum atomic E-state index is 11.3. The summed E-state index contributed by atoms with van der Waals surface area (Å²) in [6, 6.07) is 10.7. The van der Waals surface area contributed by atoms with Gasteiger partial charge >= 0.3 is 0 Å². The summed E-state index contributed by atoms with van der Waals surface area (Å²) in [6.07, 6.45) is 1.39. The summed E-state index contributed by atoms with van der Waals surface area (Å²) >= 11 is 0.883. The second-order valence-electron chi connectivity index (χ2n) is 4.92. The molecule has 0 N–H and O–H groups in total. The maximum absolute atomic E-state index is 11.3. The molecule has 0 unspecified atom stereocenters. The van der Waals surface area contributed by atoms with E-state index in [1.54, 1.807) is 29.2 Å². The molecular weight excluding hydrogens is 316 g/mol. The fourth-order valence-electron chi connectivity index (χ4n) is 1.91. The van der Waals surface area contributed by atoms with E-state index in [-0.39, 0.29) is 10.1 Å². The van der Waals surface area contributed by atoms with Crippen LogP contribution in [0.5, 0.6) is 0 Å². The first-order valence-corrected chi connectivity index (χ1v) is 7.58. The van der Waals surface area contributed by atoms with E-state index in [0.717, 1.165) is 11.8 Å². The molecule has 0 radical (unpaired) electrons. The number of rotatable bonds is 5. The molecule has 0 saturated heterocycles. The molecule has 7 heteroatoms. The van der Waals surface area contributed by atoms with Crippen molar-refractivity contribution in [2.24, 2.45) is 0 Å². The Kier molecular flexibility index (Phi) is 4.12. The van der Waals surface area contributed by atoms with Gasteiger partial charge in [-0.2, -0.15) is 0 Å². The van der Waals surface area contributed by atoms with Gasteiger partial charge in [-0.1, -0.05) is 12.1 Å². The first-order chi connectivity index (χ1) is 11.0. The molecule has 0 saturated carbocycles. The monoisotopic (exact) mass is 329 g/mol. The summed E-state index contributed by atoms with van der Waals surface area (Å²) in [6.45, 7) is 0. The van der Waals surface area contributed by atoms with Crippen LogP contribution in [0.3, 0.4) is 0 Å². The van der Waals surface area contributed by atoms with E-state index in [4.69, 9.17) is 8.83 Å². The number of nitrogens with zero attached hydrogens (tertiary/aromatic N) is 2. The molecular formula is C16H13N2O4S-. The van der Waals surface area contributed by atoms with E-state index in [1.165, 1.54) is 6.08 Å². The molecule has 2 heterocycles. The third-order valence-corrected chi connectivity index (χ3v) is 3.85. The number of carbonyl (C=O) groups excluding carboxylic acids is 1. The smallest absolute Gasteiger partial charge is 0.261 e. The highest BCUT2D eigenvalue weighted by Crippen LogP contribution is 2.30. The lowest BCUT2D eigenvalue weighted by molar-refractivity contribution is -0.298. The number of para-hydroxylation sites is 2. The van der Waals surface area contributed by atoms with Crippen LogP contribution in [0, 0.1) is 0 Å².